The van der Waals surface area contributed by atoms with Crippen molar-refractivity contribution in [2.75, 3.05) is 26.2 Å². The van der Waals surface area contributed by atoms with Crippen molar-refractivity contribution < 1.29 is 9.53 Å². The zero-order valence-electron chi connectivity index (χ0n) is 11.6. The second kappa shape index (κ2) is 6.68. The number of hydrogen-bond donors (Lipinski definition) is 1. The van der Waals surface area contributed by atoms with E-state index in [2.05, 4.69) is 10.2 Å². The summed E-state index contributed by atoms with van der Waals surface area (Å²) in [5.41, 5.74) is 1.13. The molecule has 2 rings (SSSR count). The van der Waals surface area contributed by atoms with E-state index in [4.69, 9.17) is 4.74 Å². The minimum Gasteiger partial charge on any atom is -0.376 e. The van der Waals surface area contributed by atoms with Gasteiger partial charge in [0.1, 0.15) is 0 Å². The highest BCUT2D eigenvalue weighted by molar-refractivity contribution is 5.78. The fraction of sp³-hybridized carbons (Fsp3) is 0.533. The van der Waals surface area contributed by atoms with E-state index in [0.717, 1.165) is 18.7 Å². The number of carbonyl (C=O) groups is 1. The molecule has 1 aromatic rings. The Morgan fingerprint density at radius 2 is 2.21 bits per heavy atom. The van der Waals surface area contributed by atoms with Crippen LogP contribution in [0.5, 0.6) is 0 Å². The predicted octanol–water partition coefficient (Wildman–Crippen LogP) is 1.58. The monoisotopic (exact) mass is 262 g/mol. The van der Waals surface area contributed by atoms with Gasteiger partial charge in [0.05, 0.1) is 25.3 Å². The van der Waals surface area contributed by atoms with E-state index >= 15 is 0 Å². The van der Waals surface area contributed by atoms with Gasteiger partial charge in [0.15, 0.2) is 0 Å². The molecule has 0 bridgehead atoms. The summed E-state index contributed by atoms with van der Waals surface area (Å²) >= 11 is 0. The molecule has 0 unspecified atom stereocenters. The fourth-order valence-electron chi connectivity index (χ4n) is 2.35. The van der Waals surface area contributed by atoms with Gasteiger partial charge in [-0.2, -0.15) is 0 Å². The Hall–Kier alpha value is -1.39. The van der Waals surface area contributed by atoms with Gasteiger partial charge < -0.3 is 10.1 Å². The van der Waals surface area contributed by atoms with E-state index < -0.39 is 0 Å². The van der Waals surface area contributed by atoms with E-state index in [1.54, 1.807) is 0 Å². The Kier molecular flexibility index (Phi) is 4.93. The second-order valence-corrected chi connectivity index (χ2v) is 5.12. The maximum Gasteiger partial charge on any atom is 0.234 e. The lowest BCUT2D eigenvalue weighted by Gasteiger charge is -2.30. The first kappa shape index (κ1) is 14.0. The number of rotatable bonds is 4. The van der Waals surface area contributed by atoms with Gasteiger partial charge in [-0.05, 0) is 19.4 Å². The highest BCUT2D eigenvalue weighted by Crippen LogP contribution is 2.11. The highest BCUT2D eigenvalue weighted by atomic mass is 16.5. The molecule has 1 saturated heterocycles. The maximum absolute atomic E-state index is 12.0. The lowest BCUT2D eigenvalue weighted by Crippen LogP contribution is -2.46. The smallest absolute Gasteiger partial charge is 0.234 e. The van der Waals surface area contributed by atoms with Gasteiger partial charge in [0, 0.05) is 13.1 Å². The van der Waals surface area contributed by atoms with Gasteiger partial charge >= 0.3 is 0 Å². The standard InChI is InChI=1S/C15H22N2O2/c1-12-10-17(8-9-19-12)11-15(18)16-13(2)14-6-4-3-5-7-14/h3-7,12-13H,8-11H2,1-2H3,(H,16,18)/t12-,13+/m0/s1. The van der Waals surface area contributed by atoms with E-state index in [1.807, 2.05) is 44.2 Å². The topological polar surface area (TPSA) is 41.6 Å². The quantitative estimate of drug-likeness (QED) is 0.896. The molecule has 0 aromatic heterocycles. The van der Waals surface area contributed by atoms with Gasteiger partial charge in [-0.1, -0.05) is 30.3 Å². The van der Waals surface area contributed by atoms with Crippen molar-refractivity contribution in [3.63, 3.8) is 0 Å². The largest absolute Gasteiger partial charge is 0.376 e. The first-order chi connectivity index (χ1) is 9.15. The van der Waals surface area contributed by atoms with E-state index in [9.17, 15) is 4.79 Å². The summed E-state index contributed by atoms with van der Waals surface area (Å²) < 4.78 is 5.47. The van der Waals surface area contributed by atoms with Crippen LogP contribution >= 0.6 is 0 Å². The summed E-state index contributed by atoms with van der Waals surface area (Å²) in [5, 5.41) is 3.04. The zero-order chi connectivity index (χ0) is 13.7. The number of benzene rings is 1. The third-order valence-electron chi connectivity index (χ3n) is 3.37. The van der Waals surface area contributed by atoms with Crippen LogP contribution in [-0.4, -0.2) is 43.2 Å². The number of nitrogens with zero attached hydrogens (tertiary/aromatic N) is 1. The van der Waals surface area contributed by atoms with Crippen molar-refractivity contribution in [2.24, 2.45) is 0 Å². The Morgan fingerprint density at radius 1 is 1.47 bits per heavy atom. The number of hydrogen-bond acceptors (Lipinski definition) is 3. The molecular weight excluding hydrogens is 240 g/mol. The van der Waals surface area contributed by atoms with Crippen molar-refractivity contribution in [3.05, 3.63) is 35.9 Å². The van der Waals surface area contributed by atoms with Crippen LogP contribution in [0.1, 0.15) is 25.5 Å². The summed E-state index contributed by atoms with van der Waals surface area (Å²) in [6.07, 6.45) is 0.216. The number of morpholine rings is 1. The van der Waals surface area contributed by atoms with Crippen LogP contribution < -0.4 is 5.32 Å². The number of carbonyl (C=O) groups excluding carboxylic acids is 1. The lowest BCUT2D eigenvalue weighted by atomic mass is 10.1. The van der Waals surface area contributed by atoms with Crippen LogP contribution in [0.2, 0.25) is 0 Å². The molecule has 0 aliphatic carbocycles. The minimum absolute atomic E-state index is 0.0483. The molecule has 104 valence electrons. The van der Waals surface area contributed by atoms with Crippen LogP contribution in [0.15, 0.2) is 30.3 Å². The SMILES string of the molecule is C[C@H]1CN(CC(=O)N[C@H](C)c2ccccc2)CCO1. The van der Waals surface area contributed by atoms with E-state index in [1.165, 1.54) is 0 Å². The average molecular weight is 262 g/mol. The fourth-order valence-corrected chi connectivity index (χ4v) is 2.35. The molecule has 1 aliphatic heterocycles. The molecule has 2 atom stereocenters. The van der Waals surface area contributed by atoms with Gasteiger partial charge in [-0.15, -0.1) is 0 Å². The molecule has 1 amide bonds. The van der Waals surface area contributed by atoms with Crippen molar-refractivity contribution in [1.29, 1.82) is 0 Å². The summed E-state index contributed by atoms with van der Waals surface area (Å²) in [6.45, 7) is 6.87. The van der Waals surface area contributed by atoms with Crippen LogP contribution in [0.3, 0.4) is 0 Å². The molecule has 4 heteroatoms. The van der Waals surface area contributed by atoms with E-state index in [0.29, 0.717) is 13.2 Å². The lowest BCUT2D eigenvalue weighted by molar-refractivity contribution is -0.124. The van der Waals surface area contributed by atoms with Crippen molar-refractivity contribution >= 4 is 5.91 Å². The molecule has 19 heavy (non-hydrogen) atoms. The Labute approximate surface area is 114 Å². The highest BCUT2D eigenvalue weighted by Gasteiger charge is 2.19. The van der Waals surface area contributed by atoms with Crippen LogP contribution in [-0.2, 0) is 9.53 Å². The van der Waals surface area contributed by atoms with Crippen molar-refractivity contribution in [3.8, 4) is 0 Å². The molecular formula is C15H22N2O2. The van der Waals surface area contributed by atoms with Crippen molar-refractivity contribution in [1.82, 2.24) is 10.2 Å². The Morgan fingerprint density at radius 3 is 2.89 bits per heavy atom. The van der Waals surface area contributed by atoms with Gasteiger partial charge in [0.25, 0.3) is 0 Å². The second-order valence-electron chi connectivity index (χ2n) is 5.12. The molecule has 0 spiro atoms. The number of ether oxygens (including phenoxy) is 1. The summed E-state index contributed by atoms with van der Waals surface area (Å²) in [6, 6.07) is 10.1. The molecule has 0 radical (unpaired) electrons. The molecule has 1 aromatic carbocycles. The summed E-state index contributed by atoms with van der Waals surface area (Å²) in [5.74, 6) is 0.0745. The molecule has 4 nitrogen and oxygen atoms in total. The summed E-state index contributed by atoms with van der Waals surface area (Å²) in [4.78, 5) is 14.1. The Bertz CT molecular complexity index is 408. The Balaban J connectivity index is 1.81. The average Bonchev–Trinajstić information content (AvgIpc) is 2.39. The first-order valence-electron chi connectivity index (χ1n) is 6.83. The third-order valence-corrected chi connectivity index (χ3v) is 3.37. The molecule has 1 aliphatic rings. The third kappa shape index (κ3) is 4.33. The van der Waals surface area contributed by atoms with Gasteiger partial charge in [0.2, 0.25) is 5.91 Å². The van der Waals surface area contributed by atoms with E-state index in [-0.39, 0.29) is 18.1 Å². The normalized spacial score (nSPS) is 21.9. The minimum atomic E-state index is 0.0483. The number of nitrogens with one attached hydrogen (secondary N) is 1. The summed E-state index contributed by atoms with van der Waals surface area (Å²) in [7, 11) is 0. The molecule has 1 heterocycles. The molecule has 1 fully saturated rings. The van der Waals surface area contributed by atoms with Gasteiger partial charge in [-0.3, -0.25) is 9.69 Å². The van der Waals surface area contributed by atoms with Crippen LogP contribution in [0.25, 0.3) is 0 Å². The predicted molar refractivity (Wildman–Crippen MR) is 74.9 cm³/mol. The zero-order valence-corrected chi connectivity index (χ0v) is 11.6. The van der Waals surface area contributed by atoms with Crippen LogP contribution in [0, 0.1) is 0 Å². The molecule has 1 N–H and O–H groups in total. The maximum atomic E-state index is 12.0. The van der Waals surface area contributed by atoms with Gasteiger partial charge in [-0.25, -0.2) is 0 Å². The van der Waals surface area contributed by atoms with Crippen molar-refractivity contribution in [2.45, 2.75) is 26.0 Å². The number of amides is 1. The molecule has 0 saturated carbocycles. The van der Waals surface area contributed by atoms with Crippen LogP contribution in [0.4, 0.5) is 0 Å². The first-order valence-corrected chi connectivity index (χ1v) is 6.83.